The first kappa shape index (κ1) is 28.1. The van der Waals surface area contributed by atoms with Gasteiger partial charge in [0, 0.05) is 18.3 Å². The van der Waals surface area contributed by atoms with Crippen molar-refractivity contribution in [1.82, 2.24) is 0 Å². The minimum Gasteiger partial charge on any atom is -0.481 e. The highest BCUT2D eigenvalue weighted by molar-refractivity contribution is 5.77. The third kappa shape index (κ3) is 3.31. The van der Waals surface area contributed by atoms with Crippen molar-refractivity contribution in [2.24, 2.45) is 50.7 Å². The van der Waals surface area contributed by atoms with Gasteiger partial charge in [0.15, 0.2) is 0 Å². The van der Waals surface area contributed by atoms with Crippen LogP contribution in [0.15, 0.2) is 11.6 Å². The Morgan fingerprint density at radius 2 is 1.66 bits per heavy atom. The summed E-state index contributed by atoms with van der Waals surface area (Å²) in [6, 6.07) is 0. The number of rotatable bonds is 2. The molecule has 214 valence electrons. The van der Waals surface area contributed by atoms with Gasteiger partial charge in [-0.2, -0.15) is 0 Å². The highest BCUT2D eigenvalue weighted by Gasteiger charge is 2.72. The summed E-state index contributed by atoms with van der Waals surface area (Å²) in [5, 5.41) is 34.5. The zero-order valence-electron chi connectivity index (χ0n) is 24.8. The fourth-order valence-electron chi connectivity index (χ4n) is 11.4. The van der Waals surface area contributed by atoms with Gasteiger partial charge in [-0.25, -0.2) is 0 Å². The molecule has 0 spiro atoms. The Morgan fingerprint density at radius 3 is 2.26 bits per heavy atom. The lowest BCUT2D eigenvalue weighted by atomic mass is 9.32. The third-order valence-corrected chi connectivity index (χ3v) is 13.6. The standard InChI is InChI=1S/C32H50O6/c1-18-11-14-32(26(35)36)16-15-29(6)20(24(32)31(18,8)37)9-10-22-28(5)13-12-23(38-19(2)33)27(3,4)25(28)21(34)17-30(22,29)7/h9,18,21-25,34,37H,10-17H2,1-8H3,(H,35,36). The van der Waals surface area contributed by atoms with Gasteiger partial charge in [-0.1, -0.05) is 53.2 Å². The van der Waals surface area contributed by atoms with E-state index >= 15 is 0 Å². The van der Waals surface area contributed by atoms with Gasteiger partial charge in [0.05, 0.1) is 17.1 Å². The maximum atomic E-state index is 12.9. The Kier molecular flexibility index (Phi) is 6.16. The number of hydrogen-bond acceptors (Lipinski definition) is 5. The van der Waals surface area contributed by atoms with Crippen LogP contribution in [-0.4, -0.2) is 45.1 Å². The lowest BCUT2D eigenvalue weighted by molar-refractivity contribution is -0.250. The number of carboxylic acids is 1. The smallest absolute Gasteiger partial charge is 0.310 e. The predicted molar refractivity (Wildman–Crippen MR) is 145 cm³/mol. The van der Waals surface area contributed by atoms with Crippen molar-refractivity contribution in [3.05, 3.63) is 11.6 Å². The zero-order chi connectivity index (χ0) is 28.3. The summed E-state index contributed by atoms with van der Waals surface area (Å²) in [7, 11) is 0. The molecule has 3 N–H and O–H groups in total. The van der Waals surface area contributed by atoms with Crippen LogP contribution in [0.5, 0.6) is 0 Å². The number of allylic oxidation sites excluding steroid dienone is 1. The molecule has 5 rings (SSSR count). The molecule has 0 aliphatic heterocycles. The molecule has 4 fully saturated rings. The van der Waals surface area contributed by atoms with Crippen molar-refractivity contribution in [3.8, 4) is 0 Å². The largest absolute Gasteiger partial charge is 0.481 e. The number of aliphatic carboxylic acids is 1. The fraction of sp³-hybridized carbons (Fsp3) is 0.875. The van der Waals surface area contributed by atoms with E-state index in [0.29, 0.717) is 25.2 Å². The molecule has 6 nitrogen and oxygen atoms in total. The lowest BCUT2D eigenvalue weighted by Gasteiger charge is -2.72. The summed E-state index contributed by atoms with van der Waals surface area (Å²) in [6.45, 7) is 16.7. The van der Waals surface area contributed by atoms with Gasteiger partial charge in [0.25, 0.3) is 0 Å². The van der Waals surface area contributed by atoms with Gasteiger partial charge in [-0.15, -0.1) is 0 Å². The van der Waals surface area contributed by atoms with Crippen LogP contribution in [0.4, 0.5) is 0 Å². The first-order valence-corrected chi connectivity index (χ1v) is 14.9. The third-order valence-electron chi connectivity index (χ3n) is 13.6. The number of hydrogen-bond donors (Lipinski definition) is 3. The molecule has 0 aromatic carbocycles. The molecule has 0 radical (unpaired) electrons. The first-order chi connectivity index (χ1) is 17.4. The predicted octanol–water partition coefficient (Wildman–Crippen LogP) is 5.75. The fourth-order valence-corrected chi connectivity index (χ4v) is 11.4. The molecular formula is C32H50O6. The number of fused-ring (bicyclic) bond motifs is 7. The number of carbonyl (C=O) groups excluding carboxylic acids is 1. The van der Waals surface area contributed by atoms with Gasteiger partial charge in [-0.05, 0) is 92.3 Å². The molecule has 0 aromatic rings. The van der Waals surface area contributed by atoms with Crippen molar-refractivity contribution < 1.29 is 29.6 Å². The SMILES string of the molecule is CC(=O)OC1CCC2(C)C(C(O)CC3(C)C2CC=C2C4C(C(=O)O)(CCC(C)C4(C)O)CCC23C)C1(C)C. The second kappa shape index (κ2) is 8.31. The molecule has 0 heterocycles. The van der Waals surface area contributed by atoms with Crippen molar-refractivity contribution >= 4 is 11.9 Å². The number of carbonyl (C=O) groups is 2. The van der Waals surface area contributed by atoms with Crippen LogP contribution >= 0.6 is 0 Å². The number of aliphatic hydroxyl groups is 2. The van der Waals surface area contributed by atoms with Crippen molar-refractivity contribution in [1.29, 1.82) is 0 Å². The van der Waals surface area contributed by atoms with E-state index in [1.54, 1.807) is 0 Å². The van der Waals surface area contributed by atoms with E-state index in [-0.39, 0.29) is 45.6 Å². The van der Waals surface area contributed by atoms with E-state index < -0.39 is 29.0 Å². The molecule has 6 heteroatoms. The molecule has 5 aliphatic carbocycles. The van der Waals surface area contributed by atoms with E-state index in [0.717, 1.165) is 37.7 Å². The molecule has 0 saturated heterocycles. The number of ether oxygens (including phenoxy) is 1. The molecule has 11 atom stereocenters. The summed E-state index contributed by atoms with van der Waals surface area (Å²) >= 11 is 0. The summed E-state index contributed by atoms with van der Waals surface area (Å²) in [5.74, 6) is -1.15. The minimum atomic E-state index is -1.10. The first-order valence-electron chi connectivity index (χ1n) is 14.9. The van der Waals surface area contributed by atoms with Crippen LogP contribution in [0.1, 0.15) is 107 Å². The topological polar surface area (TPSA) is 104 Å². The van der Waals surface area contributed by atoms with Gasteiger partial charge >= 0.3 is 11.9 Å². The second-order valence-corrected chi connectivity index (χ2v) is 15.5. The van der Waals surface area contributed by atoms with Crippen molar-refractivity contribution in [2.45, 2.75) is 125 Å². The zero-order valence-corrected chi connectivity index (χ0v) is 24.8. The summed E-state index contributed by atoms with van der Waals surface area (Å²) < 4.78 is 5.80. The minimum absolute atomic E-state index is 0.00997. The van der Waals surface area contributed by atoms with E-state index in [1.165, 1.54) is 6.92 Å². The Bertz CT molecular complexity index is 1060. The Labute approximate surface area is 228 Å². The summed E-state index contributed by atoms with van der Waals surface area (Å²) in [5.41, 5.74) is -1.98. The normalized spacial score (nSPS) is 53.4. The maximum Gasteiger partial charge on any atom is 0.310 e. The second-order valence-electron chi connectivity index (χ2n) is 15.5. The maximum absolute atomic E-state index is 12.9. The highest BCUT2D eigenvalue weighted by Crippen LogP contribution is 2.76. The van der Waals surface area contributed by atoms with Crippen LogP contribution in [0.3, 0.4) is 0 Å². The van der Waals surface area contributed by atoms with Crippen LogP contribution in [0.2, 0.25) is 0 Å². The van der Waals surface area contributed by atoms with Gasteiger partial charge < -0.3 is 20.1 Å². The number of aliphatic hydroxyl groups excluding tert-OH is 1. The lowest BCUT2D eigenvalue weighted by Crippen LogP contribution is -2.70. The van der Waals surface area contributed by atoms with Gasteiger partial charge in [-0.3, -0.25) is 9.59 Å². The van der Waals surface area contributed by atoms with Crippen LogP contribution in [0, 0.1) is 50.7 Å². The molecular weight excluding hydrogens is 480 g/mol. The molecule has 0 aromatic heterocycles. The Morgan fingerprint density at radius 1 is 1.00 bits per heavy atom. The van der Waals surface area contributed by atoms with Crippen LogP contribution in [0.25, 0.3) is 0 Å². The van der Waals surface area contributed by atoms with E-state index in [1.807, 2.05) is 6.92 Å². The molecule has 11 unspecified atom stereocenters. The van der Waals surface area contributed by atoms with E-state index in [2.05, 4.69) is 47.6 Å². The van der Waals surface area contributed by atoms with Gasteiger partial charge in [0.2, 0.25) is 0 Å². The molecule has 0 bridgehead atoms. The van der Waals surface area contributed by atoms with Crippen molar-refractivity contribution in [2.75, 3.05) is 0 Å². The quantitative estimate of drug-likeness (QED) is 0.310. The summed E-state index contributed by atoms with van der Waals surface area (Å²) in [6.07, 6.45) is 7.31. The van der Waals surface area contributed by atoms with Gasteiger partial charge in [0.1, 0.15) is 6.10 Å². The van der Waals surface area contributed by atoms with Crippen molar-refractivity contribution in [3.63, 3.8) is 0 Å². The van der Waals surface area contributed by atoms with E-state index in [4.69, 9.17) is 4.74 Å². The average molecular weight is 531 g/mol. The van der Waals surface area contributed by atoms with E-state index in [9.17, 15) is 24.9 Å². The molecule has 5 aliphatic rings. The highest BCUT2D eigenvalue weighted by atomic mass is 16.5. The Hall–Kier alpha value is -1.40. The monoisotopic (exact) mass is 530 g/mol. The molecule has 4 saturated carbocycles. The average Bonchev–Trinajstić information content (AvgIpc) is 2.78. The summed E-state index contributed by atoms with van der Waals surface area (Å²) in [4.78, 5) is 24.8. The molecule has 38 heavy (non-hydrogen) atoms. The van der Waals surface area contributed by atoms with Crippen LogP contribution in [-0.2, 0) is 14.3 Å². The number of esters is 1. The number of carboxylic acid groups (broad SMARTS) is 1. The van der Waals surface area contributed by atoms with Crippen LogP contribution < -0.4 is 0 Å². The molecule has 0 amide bonds. The Balaban J connectivity index is 1.62.